The minimum absolute atomic E-state index is 0.0597. The largest absolute Gasteiger partial charge is 0.476 e. The Kier molecular flexibility index (Phi) is 8.11. The van der Waals surface area contributed by atoms with E-state index in [0.717, 1.165) is 25.8 Å². The summed E-state index contributed by atoms with van der Waals surface area (Å²) in [4.78, 5) is 22.6. The van der Waals surface area contributed by atoms with Crippen LogP contribution in [0.5, 0.6) is 5.88 Å². The van der Waals surface area contributed by atoms with Crippen LogP contribution in [0.3, 0.4) is 0 Å². The molecule has 0 aromatic carbocycles. The van der Waals surface area contributed by atoms with E-state index in [1.807, 2.05) is 26.8 Å². The number of rotatable bonds is 7. The van der Waals surface area contributed by atoms with Crippen molar-refractivity contribution in [3.63, 3.8) is 0 Å². The molecule has 1 aromatic rings. The third kappa shape index (κ3) is 6.71. The third-order valence-electron chi connectivity index (χ3n) is 8.18. The van der Waals surface area contributed by atoms with Gasteiger partial charge in [0.25, 0.3) is 0 Å². The quantitative estimate of drug-likeness (QED) is 0.530. The average Bonchev–Trinajstić information content (AvgIpc) is 2.83. The van der Waals surface area contributed by atoms with Gasteiger partial charge in [-0.2, -0.15) is 15.2 Å². The Morgan fingerprint density at radius 3 is 2.42 bits per heavy atom. The van der Waals surface area contributed by atoms with Gasteiger partial charge < -0.3 is 25.4 Å². The van der Waals surface area contributed by atoms with Crippen molar-refractivity contribution in [3.05, 3.63) is 5.82 Å². The Morgan fingerprint density at radius 1 is 1.14 bits per heavy atom. The van der Waals surface area contributed by atoms with Gasteiger partial charge in [0, 0.05) is 19.6 Å². The molecule has 0 unspecified atom stereocenters. The molecule has 1 spiro atoms. The lowest BCUT2D eigenvalue weighted by atomic mass is 9.59. The Balaban J connectivity index is 1.23. The first-order chi connectivity index (χ1) is 17.2. The van der Waals surface area contributed by atoms with E-state index in [1.165, 1.54) is 44.9 Å². The van der Waals surface area contributed by atoms with E-state index in [0.29, 0.717) is 48.5 Å². The fourth-order valence-electron chi connectivity index (χ4n) is 5.71. The molecule has 9 nitrogen and oxygen atoms in total. The van der Waals surface area contributed by atoms with Crippen LogP contribution in [-0.2, 0) is 4.74 Å². The molecule has 198 valence electrons. The summed E-state index contributed by atoms with van der Waals surface area (Å²) < 4.78 is 11.4. The zero-order chi connectivity index (χ0) is 25.8. The first-order valence-corrected chi connectivity index (χ1v) is 13.6. The first-order valence-electron chi connectivity index (χ1n) is 13.6. The number of carbonyl (C=O) groups is 1. The number of nitrogens with two attached hydrogens (primary N) is 1. The van der Waals surface area contributed by atoms with Crippen molar-refractivity contribution in [2.45, 2.75) is 90.6 Å². The highest BCUT2D eigenvalue weighted by Crippen LogP contribution is 2.52. The van der Waals surface area contributed by atoms with Gasteiger partial charge in [0.1, 0.15) is 17.4 Å². The van der Waals surface area contributed by atoms with Crippen molar-refractivity contribution in [1.29, 1.82) is 5.26 Å². The number of ether oxygens (including phenoxy) is 2. The van der Waals surface area contributed by atoms with E-state index in [2.05, 4.69) is 15.3 Å². The first kappa shape index (κ1) is 26.3. The summed E-state index contributed by atoms with van der Waals surface area (Å²) in [6, 6.07) is 2.02. The van der Waals surface area contributed by atoms with Crippen molar-refractivity contribution in [2.24, 2.45) is 17.3 Å². The lowest BCUT2D eigenvalue weighted by molar-refractivity contribution is 0.0177. The van der Waals surface area contributed by atoms with Crippen molar-refractivity contribution < 1.29 is 14.3 Å². The smallest absolute Gasteiger partial charge is 0.410 e. The molecule has 2 saturated carbocycles. The van der Waals surface area contributed by atoms with E-state index < -0.39 is 5.60 Å². The minimum atomic E-state index is -0.482. The number of hydrogen-bond acceptors (Lipinski definition) is 8. The predicted molar refractivity (Wildman–Crippen MR) is 139 cm³/mol. The number of hydrogen-bond donors (Lipinski definition) is 2. The second-order valence-corrected chi connectivity index (χ2v) is 12.0. The summed E-state index contributed by atoms with van der Waals surface area (Å²) in [7, 11) is 0. The van der Waals surface area contributed by atoms with Crippen LogP contribution in [0.2, 0.25) is 0 Å². The minimum Gasteiger partial charge on any atom is -0.476 e. The van der Waals surface area contributed by atoms with E-state index in [1.54, 1.807) is 4.90 Å². The number of nitrogens with one attached hydrogen (secondary N) is 1. The van der Waals surface area contributed by atoms with Gasteiger partial charge in [-0.3, -0.25) is 0 Å². The van der Waals surface area contributed by atoms with Gasteiger partial charge in [0.05, 0.1) is 6.61 Å². The number of aromatic nitrogens is 2. The molecule has 0 atom stereocenters. The Labute approximate surface area is 215 Å². The fraction of sp³-hybridized carbons (Fsp3) is 0.778. The summed E-state index contributed by atoms with van der Waals surface area (Å²) in [5.74, 6) is 1.87. The maximum atomic E-state index is 12.3. The zero-order valence-electron chi connectivity index (χ0n) is 22.1. The van der Waals surface area contributed by atoms with Gasteiger partial charge in [-0.25, -0.2) is 4.79 Å². The summed E-state index contributed by atoms with van der Waals surface area (Å²) in [6.45, 7) is 8.27. The Bertz CT molecular complexity index is 947. The molecular weight excluding hydrogens is 456 g/mol. The number of nitrogen functional groups attached to an aromatic ring is 1. The molecule has 9 heteroatoms. The number of nitriles is 1. The molecule has 3 N–H and O–H groups in total. The molecule has 2 heterocycles. The van der Waals surface area contributed by atoms with Crippen LogP contribution in [0.25, 0.3) is 0 Å². The highest BCUT2D eigenvalue weighted by atomic mass is 16.6. The number of piperidine rings is 1. The van der Waals surface area contributed by atoms with Crippen molar-refractivity contribution >= 4 is 17.6 Å². The zero-order valence-corrected chi connectivity index (χ0v) is 22.1. The van der Waals surface area contributed by atoms with E-state index in [4.69, 9.17) is 15.2 Å². The van der Waals surface area contributed by atoms with Gasteiger partial charge in [0.2, 0.25) is 11.7 Å². The standard InChI is InChI=1S/C27H42N6O3/c1-26(2,3)36-25(34)33-14-7-19(8-15-33)9-16-35-24-22(29)23(31-21(17-28)32-24)30-18-20-5-12-27(13-6-20)10-4-11-27/h19-20H,4-16,18,29H2,1-3H3,(H,30,31,32). The molecule has 36 heavy (non-hydrogen) atoms. The van der Waals surface area contributed by atoms with E-state index in [-0.39, 0.29) is 17.8 Å². The van der Waals surface area contributed by atoms with Crippen LogP contribution >= 0.6 is 0 Å². The lowest BCUT2D eigenvalue weighted by Gasteiger charge is -2.47. The normalized spacial score (nSPS) is 20.4. The number of amides is 1. The molecule has 1 aromatic heterocycles. The molecule has 0 radical (unpaired) electrons. The van der Waals surface area contributed by atoms with Crippen molar-refractivity contribution in [1.82, 2.24) is 14.9 Å². The highest BCUT2D eigenvalue weighted by molar-refractivity contribution is 5.68. The van der Waals surface area contributed by atoms with Gasteiger partial charge in [-0.05, 0) is 95.8 Å². The van der Waals surface area contributed by atoms with E-state index >= 15 is 0 Å². The second-order valence-electron chi connectivity index (χ2n) is 12.0. The van der Waals surface area contributed by atoms with Gasteiger partial charge in [-0.1, -0.05) is 6.42 Å². The summed E-state index contributed by atoms with van der Waals surface area (Å²) in [6.07, 6.45) is 11.7. The van der Waals surface area contributed by atoms with Gasteiger partial charge >= 0.3 is 6.09 Å². The average molecular weight is 499 g/mol. The van der Waals surface area contributed by atoms with Crippen LogP contribution < -0.4 is 15.8 Å². The highest BCUT2D eigenvalue weighted by Gasteiger charge is 2.39. The Morgan fingerprint density at radius 2 is 1.83 bits per heavy atom. The summed E-state index contributed by atoms with van der Waals surface area (Å²) in [5, 5.41) is 12.8. The van der Waals surface area contributed by atoms with Gasteiger partial charge in [0.15, 0.2) is 5.82 Å². The third-order valence-corrected chi connectivity index (χ3v) is 8.18. The number of likely N-dealkylation sites (tertiary alicyclic amines) is 1. The predicted octanol–water partition coefficient (Wildman–Crippen LogP) is 5.12. The monoisotopic (exact) mass is 498 g/mol. The number of anilines is 2. The van der Waals surface area contributed by atoms with Crippen LogP contribution in [0.1, 0.15) is 90.8 Å². The molecule has 3 aliphatic rings. The molecule has 4 rings (SSSR count). The second kappa shape index (κ2) is 11.1. The summed E-state index contributed by atoms with van der Waals surface area (Å²) >= 11 is 0. The van der Waals surface area contributed by atoms with Crippen LogP contribution in [0, 0.1) is 28.6 Å². The van der Waals surface area contributed by atoms with Crippen LogP contribution in [0.15, 0.2) is 0 Å². The van der Waals surface area contributed by atoms with E-state index in [9.17, 15) is 10.1 Å². The summed E-state index contributed by atoms with van der Waals surface area (Å²) in [5.41, 5.74) is 6.86. The molecule has 1 aliphatic heterocycles. The van der Waals surface area contributed by atoms with Crippen LogP contribution in [-0.4, -0.2) is 52.8 Å². The number of nitrogens with zero attached hydrogens (tertiary/aromatic N) is 4. The molecule has 1 saturated heterocycles. The molecule has 1 amide bonds. The van der Waals surface area contributed by atoms with Crippen LogP contribution in [0.4, 0.5) is 16.3 Å². The Hall–Kier alpha value is -2.76. The number of carbonyl (C=O) groups excluding carboxylic acids is 1. The molecule has 3 fully saturated rings. The lowest BCUT2D eigenvalue weighted by Crippen LogP contribution is -2.41. The van der Waals surface area contributed by atoms with Crippen molar-refractivity contribution in [3.8, 4) is 11.9 Å². The maximum absolute atomic E-state index is 12.3. The van der Waals surface area contributed by atoms with Crippen molar-refractivity contribution in [2.75, 3.05) is 37.3 Å². The van der Waals surface area contributed by atoms with Gasteiger partial charge in [-0.15, -0.1) is 0 Å². The molecule has 2 aliphatic carbocycles. The fourth-order valence-corrected chi connectivity index (χ4v) is 5.71. The SMILES string of the molecule is CC(C)(C)OC(=O)N1CCC(CCOc2nc(C#N)nc(NCC3CCC4(CCC4)CC3)c2N)CC1. The molecular formula is C27H42N6O3. The maximum Gasteiger partial charge on any atom is 0.410 e. The topological polar surface area (TPSA) is 126 Å². The molecule has 0 bridgehead atoms.